The molecule has 0 aromatic carbocycles. The Hall–Kier alpha value is -2.44. The van der Waals surface area contributed by atoms with Gasteiger partial charge < -0.3 is 10.2 Å². The van der Waals surface area contributed by atoms with Crippen LogP contribution in [-0.4, -0.2) is 30.8 Å². The molecular weight excluding hydrogens is 262 g/mol. The summed E-state index contributed by atoms with van der Waals surface area (Å²) in [6, 6.07) is 1.40. The first kappa shape index (κ1) is 14.0. The summed E-state index contributed by atoms with van der Waals surface area (Å²) in [4.78, 5) is 26.7. The molecule has 0 saturated carbocycles. The number of fused-ring (bicyclic) bond motifs is 1. The number of pyridine rings is 1. The first-order valence-corrected chi connectivity index (χ1v) is 6.22. The number of carbonyl (C=O) groups is 1. The van der Waals surface area contributed by atoms with Crippen LogP contribution in [0.1, 0.15) is 38.3 Å². The molecule has 2 aromatic heterocycles. The molecule has 0 atom stereocenters. The highest BCUT2D eigenvalue weighted by atomic mass is 16.4. The average Bonchev–Trinajstić information content (AvgIpc) is 2.83. The molecule has 7 nitrogen and oxygen atoms in total. The van der Waals surface area contributed by atoms with Gasteiger partial charge in [0.25, 0.3) is 0 Å². The predicted molar refractivity (Wildman–Crippen MR) is 71.5 cm³/mol. The lowest BCUT2D eigenvalue weighted by Crippen LogP contribution is -2.31. The maximum atomic E-state index is 12.1. The van der Waals surface area contributed by atoms with E-state index < -0.39 is 5.97 Å². The molecule has 2 heterocycles. The summed E-state index contributed by atoms with van der Waals surface area (Å²) < 4.78 is 1.50. The average molecular weight is 277 g/mol. The minimum Gasteiger partial charge on any atom is -0.511 e. The van der Waals surface area contributed by atoms with E-state index >= 15 is 0 Å². The normalized spacial score (nSPS) is 12.9. The van der Waals surface area contributed by atoms with E-state index in [-0.39, 0.29) is 40.8 Å². The summed E-state index contributed by atoms with van der Waals surface area (Å²) in [6.45, 7) is 3.84. The van der Waals surface area contributed by atoms with Gasteiger partial charge in [-0.05, 0) is 5.92 Å². The molecule has 20 heavy (non-hydrogen) atoms. The van der Waals surface area contributed by atoms with E-state index in [9.17, 15) is 14.7 Å². The number of carboxylic acid groups (broad SMARTS) is 1. The lowest BCUT2D eigenvalue weighted by atomic mass is 10.1. The summed E-state index contributed by atoms with van der Waals surface area (Å²) in [5, 5.41) is 22.7. The van der Waals surface area contributed by atoms with Gasteiger partial charge in [-0.25, -0.2) is 9.50 Å². The molecule has 0 aliphatic heterocycles. The van der Waals surface area contributed by atoms with Crippen molar-refractivity contribution in [2.75, 3.05) is 0 Å². The van der Waals surface area contributed by atoms with Crippen molar-refractivity contribution in [3.63, 3.8) is 0 Å². The monoisotopic (exact) mass is 277 g/mol. The zero-order valence-electron chi connectivity index (χ0n) is 11.2. The molecule has 0 amide bonds. The second-order valence-corrected chi connectivity index (χ2v) is 4.80. The van der Waals surface area contributed by atoms with Crippen LogP contribution < -0.4 is 10.6 Å². The summed E-state index contributed by atoms with van der Waals surface area (Å²) in [5.74, 6) is -1.24. The van der Waals surface area contributed by atoms with Crippen LogP contribution >= 0.6 is 0 Å². The highest BCUT2D eigenvalue weighted by molar-refractivity contribution is 5.68. The third-order valence-corrected chi connectivity index (χ3v) is 3.00. The van der Waals surface area contributed by atoms with Crippen LogP contribution in [-0.2, 0) is 4.79 Å². The van der Waals surface area contributed by atoms with Gasteiger partial charge in [-0.1, -0.05) is 13.8 Å². The van der Waals surface area contributed by atoms with Crippen molar-refractivity contribution in [1.29, 1.82) is 0 Å². The van der Waals surface area contributed by atoms with Crippen molar-refractivity contribution in [3.05, 3.63) is 33.5 Å². The predicted octanol–water partition coefficient (Wildman–Crippen LogP) is 0.463. The third kappa shape index (κ3) is 2.47. The number of aliphatic hydroxyl groups excluding tert-OH is 1. The number of nitrogens with zero attached hydrogens (tertiary/aromatic N) is 3. The maximum Gasteiger partial charge on any atom is 0.303 e. The van der Waals surface area contributed by atoms with Crippen molar-refractivity contribution in [2.24, 2.45) is 0 Å². The zero-order chi connectivity index (χ0) is 14.9. The molecule has 0 aliphatic carbocycles. The van der Waals surface area contributed by atoms with E-state index in [0.717, 1.165) is 0 Å². The number of hydrogen-bond donors (Lipinski definition) is 2. The Morgan fingerprint density at radius 2 is 2.05 bits per heavy atom. The van der Waals surface area contributed by atoms with Gasteiger partial charge >= 0.3 is 5.97 Å². The Morgan fingerprint density at radius 1 is 1.35 bits per heavy atom. The van der Waals surface area contributed by atoms with Crippen LogP contribution in [0.2, 0.25) is 0 Å². The number of hydrogen-bond acceptors (Lipinski definition) is 5. The van der Waals surface area contributed by atoms with E-state index in [0.29, 0.717) is 5.69 Å². The smallest absolute Gasteiger partial charge is 0.303 e. The Morgan fingerprint density at radius 3 is 2.65 bits per heavy atom. The highest BCUT2D eigenvalue weighted by Crippen LogP contribution is 2.11. The van der Waals surface area contributed by atoms with Gasteiger partial charge in [0.05, 0.1) is 12.1 Å². The molecular formula is C13H15N3O4. The van der Waals surface area contributed by atoms with Crippen LogP contribution in [0.15, 0.2) is 17.2 Å². The van der Waals surface area contributed by atoms with Gasteiger partial charge in [0.2, 0.25) is 0 Å². The number of carboxylic acids is 1. The van der Waals surface area contributed by atoms with Crippen molar-refractivity contribution in [1.82, 2.24) is 14.6 Å². The van der Waals surface area contributed by atoms with Crippen LogP contribution in [0.3, 0.4) is 0 Å². The molecule has 2 N–H and O–H groups in total. The standard InChI is InChI=1S/C13H15N3O4/c1-7(2)8-5-10(18)12(9(17)3-4-11(19)20)13-14-6-15-16(8)13/h5-7,17H,3-4H2,1-2H3,(H,19,20). The fraction of sp³-hybridized carbons (Fsp3) is 0.385. The molecule has 0 spiro atoms. The van der Waals surface area contributed by atoms with Gasteiger partial charge in [-0.2, -0.15) is 5.10 Å². The Labute approximate surface area is 114 Å². The zero-order valence-corrected chi connectivity index (χ0v) is 11.2. The van der Waals surface area contributed by atoms with Crippen molar-refractivity contribution >= 4 is 17.4 Å². The first-order valence-electron chi connectivity index (χ1n) is 6.22. The first-order chi connectivity index (χ1) is 9.41. The summed E-state index contributed by atoms with van der Waals surface area (Å²) >= 11 is 0. The number of aromatic nitrogens is 3. The number of aliphatic hydroxyl groups is 1. The van der Waals surface area contributed by atoms with Gasteiger partial charge in [-0.3, -0.25) is 9.59 Å². The second-order valence-electron chi connectivity index (χ2n) is 4.80. The minimum absolute atomic E-state index is 0.0214. The molecule has 7 heteroatoms. The van der Waals surface area contributed by atoms with Gasteiger partial charge in [0.1, 0.15) is 17.3 Å². The Bertz CT molecular complexity index is 764. The number of rotatable bonds is 4. The molecule has 0 radical (unpaired) electrons. The quantitative estimate of drug-likeness (QED) is 0.841. The summed E-state index contributed by atoms with van der Waals surface area (Å²) in [6.07, 6.45) is 0.931. The van der Waals surface area contributed by atoms with E-state index in [2.05, 4.69) is 10.1 Å². The van der Waals surface area contributed by atoms with Crippen LogP contribution in [0.4, 0.5) is 0 Å². The molecule has 0 unspecified atom stereocenters. The SMILES string of the molecule is CC(C)c1cc(=O)c(=C(O)CCC(=O)O)c2ncnn12. The fourth-order valence-corrected chi connectivity index (χ4v) is 2.01. The minimum atomic E-state index is -1.04. The molecule has 106 valence electrons. The molecule has 2 rings (SSSR count). The largest absolute Gasteiger partial charge is 0.511 e. The number of aliphatic carboxylic acids is 1. The van der Waals surface area contributed by atoms with Crippen molar-refractivity contribution < 1.29 is 15.0 Å². The Kier molecular flexibility index (Phi) is 3.69. The fourth-order valence-electron chi connectivity index (χ4n) is 2.01. The van der Waals surface area contributed by atoms with Crippen LogP contribution in [0, 0.1) is 0 Å². The third-order valence-electron chi connectivity index (χ3n) is 3.00. The second kappa shape index (κ2) is 5.28. The van der Waals surface area contributed by atoms with Crippen LogP contribution in [0.5, 0.6) is 0 Å². The van der Waals surface area contributed by atoms with Gasteiger partial charge in [0, 0.05) is 12.5 Å². The lowest BCUT2D eigenvalue weighted by Gasteiger charge is -2.07. The summed E-state index contributed by atoms with van der Waals surface area (Å²) in [7, 11) is 0. The molecule has 0 saturated heterocycles. The molecule has 0 aliphatic rings. The van der Waals surface area contributed by atoms with E-state index in [1.54, 1.807) is 0 Å². The summed E-state index contributed by atoms with van der Waals surface area (Å²) in [5.41, 5.74) is 0.568. The lowest BCUT2D eigenvalue weighted by molar-refractivity contribution is -0.136. The van der Waals surface area contributed by atoms with Gasteiger partial charge in [0.15, 0.2) is 11.1 Å². The highest BCUT2D eigenvalue weighted by Gasteiger charge is 2.14. The maximum absolute atomic E-state index is 12.1. The Balaban J connectivity index is 2.72. The molecule has 0 bridgehead atoms. The van der Waals surface area contributed by atoms with Crippen molar-refractivity contribution in [2.45, 2.75) is 32.6 Å². The van der Waals surface area contributed by atoms with Crippen molar-refractivity contribution in [3.8, 4) is 0 Å². The molecule has 0 fully saturated rings. The van der Waals surface area contributed by atoms with Gasteiger partial charge in [-0.15, -0.1) is 0 Å². The van der Waals surface area contributed by atoms with Crippen LogP contribution in [0.25, 0.3) is 11.4 Å². The van der Waals surface area contributed by atoms with E-state index in [1.165, 1.54) is 16.9 Å². The molecule has 2 aromatic rings. The topological polar surface area (TPSA) is 105 Å². The van der Waals surface area contributed by atoms with E-state index in [4.69, 9.17) is 5.11 Å². The van der Waals surface area contributed by atoms with E-state index in [1.807, 2.05) is 13.8 Å².